The van der Waals surface area contributed by atoms with Gasteiger partial charge in [0.2, 0.25) is 5.91 Å². The predicted molar refractivity (Wildman–Crippen MR) is 120 cm³/mol. The van der Waals surface area contributed by atoms with E-state index in [2.05, 4.69) is 64.3 Å². The van der Waals surface area contributed by atoms with Gasteiger partial charge < -0.3 is 10.6 Å². The Labute approximate surface area is 183 Å². The number of aryl methyl sites for hydroxylation is 1. The Bertz CT molecular complexity index is 1020. The van der Waals surface area contributed by atoms with Crippen LogP contribution >= 0.6 is 12.4 Å². The lowest BCUT2D eigenvalue weighted by Crippen LogP contribution is -2.42. The van der Waals surface area contributed by atoms with Crippen molar-refractivity contribution in [3.05, 3.63) is 88.7 Å². The molecule has 156 valence electrons. The summed E-state index contributed by atoms with van der Waals surface area (Å²) in [6.07, 6.45) is 4.71. The van der Waals surface area contributed by atoms with Crippen LogP contribution in [0.2, 0.25) is 0 Å². The highest BCUT2D eigenvalue weighted by molar-refractivity contribution is 5.85. The first-order valence-corrected chi connectivity index (χ1v) is 10.3. The average Bonchev–Trinajstić information content (AvgIpc) is 3.18. The number of fused-ring (bicyclic) bond motifs is 1. The molecule has 0 saturated carbocycles. The van der Waals surface area contributed by atoms with Gasteiger partial charge in [-0.25, -0.2) is 0 Å². The van der Waals surface area contributed by atoms with Crippen LogP contribution in [0.4, 0.5) is 0 Å². The van der Waals surface area contributed by atoms with Gasteiger partial charge in [0, 0.05) is 37.2 Å². The maximum Gasteiger partial charge on any atom is 0.241 e. The van der Waals surface area contributed by atoms with Crippen molar-refractivity contribution in [2.24, 2.45) is 13.0 Å². The van der Waals surface area contributed by atoms with Crippen LogP contribution in [0.25, 0.3) is 0 Å². The molecule has 6 rings (SSSR count). The average molecular weight is 423 g/mol. The van der Waals surface area contributed by atoms with Crippen LogP contribution in [0.1, 0.15) is 52.1 Å². The first kappa shape index (κ1) is 20.6. The third kappa shape index (κ3) is 3.32. The second-order valence-corrected chi connectivity index (χ2v) is 8.20. The fraction of sp³-hybridized carbons (Fsp3) is 0.333. The number of nitrogens with one attached hydrogen (secondary N) is 2. The monoisotopic (exact) mass is 422 g/mol. The smallest absolute Gasteiger partial charge is 0.241 e. The largest absolute Gasteiger partial charge is 0.354 e. The molecule has 0 saturated heterocycles. The lowest BCUT2D eigenvalue weighted by molar-refractivity contribution is -0.123. The molecule has 3 aliphatic carbocycles. The number of nitrogens with zero attached hydrogens (tertiary/aromatic N) is 2. The fourth-order valence-electron chi connectivity index (χ4n) is 5.33. The maximum atomic E-state index is 12.9. The molecule has 2 N–H and O–H groups in total. The van der Waals surface area contributed by atoms with E-state index in [1.165, 1.54) is 22.3 Å². The number of carbonyl (C=O) groups is 1. The molecule has 0 spiro atoms. The van der Waals surface area contributed by atoms with Crippen LogP contribution < -0.4 is 10.6 Å². The highest BCUT2D eigenvalue weighted by Gasteiger charge is 2.43. The normalized spacial score (nSPS) is 21.9. The van der Waals surface area contributed by atoms with Gasteiger partial charge in [0.05, 0.1) is 6.20 Å². The summed E-state index contributed by atoms with van der Waals surface area (Å²) in [7, 11) is 3.67. The SMILES string of the molecule is CNC(C(=O)NCC1CC2c3ccccc3C1c1ccccc12)c1cnn(C)c1.Cl. The summed E-state index contributed by atoms with van der Waals surface area (Å²) in [6, 6.07) is 17.3. The van der Waals surface area contributed by atoms with E-state index in [9.17, 15) is 4.79 Å². The molecule has 0 fully saturated rings. The number of hydrogen-bond acceptors (Lipinski definition) is 3. The van der Waals surface area contributed by atoms with Crippen molar-refractivity contribution >= 4 is 18.3 Å². The summed E-state index contributed by atoms with van der Waals surface area (Å²) in [5, 5.41) is 10.5. The van der Waals surface area contributed by atoms with Crippen LogP contribution in [0.3, 0.4) is 0 Å². The lowest BCUT2D eigenvalue weighted by Gasteiger charge is -2.45. The third-order valence-electron chi connectivity index (χ3n) is 6.57. The molecule has 0 radical (unpaired) electrons. The summed E-state index contributed by atoms with van der Waals surface area (Å²) >= 11 is 0. The van der Waals surface area contributed by atoms with E-state index in [-0.39, 0.29) is 24.4 Å². The molecule has 2 unspecified atom stereocenters. The summed E-state index contributed by atoms with van der Waals surface area (Å²) in [4.78, 5) is 12.9. The molecular formula is C24H27ClN4O. The maximum absolute atomic E-state index is 12.9. The summed E-state index contributed by atoms with van der Waals surface area (Å²) in [6.45, 7) is 0.682. The van der Waals surface area contributed by atoms with Crippen LogP contribution in [-0.2, 0) is 11.8 Å². The van der Waals surface area contributed by atoms with Gasteiger partial charge >= 0.3 is 0 Å². The van der Waals surface area contributed by atoms with E-state index < -0.39 is 0 Å². The number of likely N-dealkylation sites (N-methyl/N-ethyl adjacent to an activating group) is 1. The molecule has 1 heterocycles. The second kappa shape index (κ2) is 8.25. The minimum Gasteiger partial charge on any atom is -0.354 e. The minimum absolute atomic E-state index is 0. The Morgan fingerprint density at radius 2 is 1.70 bits per heavy atom. The highest BCUT2D eigenvalue weighted by Crippen LogP contribution is 2.55. The topological polar surface area (TPSA) is 59.0 Å². The molecule has 5 nitrogen and oxygen atoms in total. The third-order valence-corrected chi connectivity index (χ3v) is 6.57. The summed E-state index contributed by atoms with van der Waals surface area (Å²) in [5.74, 6) is 1.18. The van der Waals surface area contributed by atoms with Gasteiger partial charge in [-0.2, -0.15) is 5.10 Å². The second-order valence-electron chi connectivity index (χ2n) is 8.20. The van der Waals surface area contributed by atoms with Crippen LogP contribution in [0.15, 0.2) is 60.9 Å². The number of halogens is 1. The van der Waals surface area contributed by atoms with Gasteiger partial charge in [0.15, 0.2) is 0 Å². The van der Waals surface area contributed by atoms with Crippen LogP contribution in [-0.4, -0.2) is 29.3 Å². The number of benzene rings is 2. The van der Waals surface area contributed by atoms with Crippen molar-refractivity contribution in [3.8, 4) is 0 Å². The van der Waals surface area contributed by atoms with Crippen molar-refractivity contribution in [3.63, 3.8) is 0 Å². The Balaban J connectivity index is 0.00000218. The standard InChI is InChI=1S/C24H26N4O.ClH/c1-25-23(16-13-27-28(2)14-16)24(29)26-12-15-11-21-17-7-3-5-9-19(17)22(15)20-10-6-4-8-18(20)21;/h3-10,13-15,21-23,25H,11-12H2,1-2H3,(H,26,29);1H. The lowest BCUT2D eigenvalue weighted by atomic mass is 9.59. The van der Waals surface area contributed by atoms with E-state index in [0.29, 0.717) is 24.3 Å². The zero-order valence-corrected chi connectivity index (χ0v) is 18.0. The highest BCUT2D eigenvalue weighted by atomic mass is 35.5. The quantitative estimate of drug-likeness (QED) is 0.661. The first-order chi connectivity index (χ1) is 14.2. The Morgan fingerprint density at radius 3 is 2.23 bits per heavy atom. The van der Waals surface area contributed by atoms with Gasteiger partial charge in [-0.15, -0.1) is 12.4 Å². The van der Waals surface area contributed by atoms with Crippen molar-refractivity contribution in [2.45, 2.75) is 24.3 Å². The molecule has 1 aromatic heterocycles. The van der Waals surface area contributed by atoms with Crippen molar-refractivity contribution in [1.29, 1.82) is 0 Å². The molecule has 6 heteroatoms. The van der Waals surface area contributed by atoms with Gasteiger partial charge in [-0.3, -0.25) is 9.48 Å². The molecule has 2 atom stereocenters. The van der Waals surface area contributed by atoms with Gasteiger partial charge in [0.25, 0.3) is 0 Å². The predicted octanol–water partition coefficient (Wildman–Crippen LogP) is 3.52. The van der Waals surface area contributed by atoms with Crippen molar-refractivity contribution in [1.82, 2.24) is 20.4 Å². The number of aromatic nitrogens is 2. The number of hydrogen-bond donors (Lipinski definition) is 2. The number of amides is 1. The molecule has 30 heavy (non-hydrogen) atoms. The molecule has 2 bridgehead atoms. The minimum atomic E-state index is -0.385. The molecule has 1 amide bonds. The molecule has 3 aliphatic rings. The van der Waals surface area contributed by atoms with Crippen molar-refractivity contribution < 1.29 is 4.79 Å². The van der Waals surface area contributed by atoms with E-state index in [4.69, 9.17) is 0 Å². The van der Waals surface area contributed by atoms with E-state index in [1.54, 1.807) is 10.9 Å². The van der Waals surface area contributed by atoms with Gasteiger partial charge in [-0.1, -0.05) is 48.5 Å². The number of rotatable bonds is 5. The zero-order chi connectivity index (χ0) is 20.0. The number of carbonyl (C=O) groups excluding carboxylic acids is 1. The molecule has 3 aromatic rings. The molecule has 2 aromatic carbocycles. The van der Waals surface area contributed by atoms with Gasteiger partial charge in [-0.05, 0) is 41.6 Å². The Morgan fingerprint density at radius 1 is 1.10 bits per heavy atom. The first-order valence-electron chi connectivity index (χ1n) is 10.3. The molecule has 0 aliphatic heterocycles. The van der Waals surface area contributed by atoms with Crippen molar-refractivity contribution in [2.75, 3.05) is 13.6 Å². The van der Waals surface area contributed by atoms with Gasteiger partial charge in [0.1, 0.15) is 6.04 Å². The van der Waals surface area contributed by atoms with E-state index in [1.807, 2.05) is 20.3 Å². The Kier molecular flexibility index (Phi) is 5.67. The summed E-state index contributed by atoms with van der Waals surface area (Å²) in [5.41, 5.74) is 6.66. The van der Waals surface area contributed by atoms with Crippen LogP contribution in [0.5, 0.6) is 0 Å². The summed E-state index contributed by atoms with van der Waals surface area (Å²) < 4.78 is 1.72. The fourth-order valence-corrected chi connectivity index (χ4v) is 5.33. The van der Waals surface area contributed by atoms with Crippen LogP contribution in [0, 0.1) is 5.92 Å². The van der Waals surface area contributed by atoms with E-state index in [0.717, 1.165) is 12.0 Å². The Hall–Kier alpha value is -2.63. The molecular weight excluding hydrogens is 396 g/mol. The van der Waals surface area contributed by atoms with E-state index >= 15 is 0 Å². The zero-order valence-electron chi connectivity index (χ0n) is 17.2.